The highest BCUT2D eigenvalue weighted by atomic mass is 16.5. The van der Waals surface area contributed by atoms with Crippen molar-refractivity contribution < 1.29 is 24.2 Å². The number of benzene rings is 2. The summed E-state index contributed by atoms with van der Waals surface area (Å²) in [6.45, 7) is 1.64. The number of carbonyl (C=O) groups excluding carboxylic acids is 1. The molecule has 3 aromatic rings. The molecule has 1 aromatic heterocycles. The minimum absolute atomic E-state index is 0.0415. The number of ether oxygens (including phenoxy) is 2. The lowest BCUT2D eigenvalue weighted by Crippen LogP contribution is -2.12. The summed E-state index contributed by atoms with van der Waals surface area (Å²) in [7, 11) is 1.59. The van der Waals surface area contributed by atoms with E-state index in [4.69, 9.17) is 14.6 Å². The number of nitrogens with zero attached hydrogens (tertiary/aromatic N) is 1. The Morgan fingerprint density at radius 3 is 2.33 bits per heavy atom. The number of rotatable bonds is 9. The first-order chi connectivity index (χ1) is 14.5. The highest BCUT2D eigenvalue weighted by molar-refractivity contribution is 6.08. The predicted octanol–water partition coefficient (Wildman–Crippen LogP) is 4.47. The highest BCUT2D eigenvalue weighted by Gasteiger charge is 2.15. The zero-order valence-electron chi connectivity index (χ0n) is 16.8. The number of carboxylic acid groups (broad SMARTS) is 1. The highest BCUT2D eigenvalue weighted by Crippen LogP contribution is 2.20. The van der Waals surface area contributed by atoms with E-state index in [9.17, 15) is 9.59 Å². The van der Waals surface area contributed by atoms with Crippen LogP contribution in [-0.2, 0) is 4.79 Å². The molecule has 0 spiro atoms. The van der Waals surface area contributed by atoms with E-state index in [1.807, 2.05) is 54.1 Å². The van der Waals surface area contributed by atoms with E-state index in [1.165, 1.54) is 0 Å². The second-order valence-electron chi connectivity index (χ2n) is 6.71. The summed E-state index contributed by atoms with van der Waals surface area (Å²) >= 11 is 0. The molecule has 30 heavy (non-hydrogen) atoms. The van der Waals surface area contributed by atoms with Gasteiger partial charge in [0, 0.05) is 17.8 Å². The van der Waals surface area contributed by atoms with Crippen LogP contribution in [-0.4, -0.2) is 35.1 Å². The Balaban J connectivity index is 1.70. The van der Waals surface area contributed by atoms with Crippen LogP contribution < -0.4 is 9.47 Å². The van der Waals surface area contributed by atoms with Crippen molar-refractivity contribution in [3.05, 3.63) is 89.8 Å². The number of aromatic nitrogens is 1. The molecule has 6 nitrogen and oxygen atoms in total. The van der Waals surface area contributed by atoms with Crippen LogP contribution in [0.1, 0.15) is 34.6 Å². The molecule has 0 aliphatic carbocycles. The first-order valence-corrected chi connectivity index (χ1v) is 9.46. The van der Waals surface area contributed by atoms with E-state index in [-0.39, 0.29) is 18.4 Å². The van der Waals surface area contributed by atoms with Gasteiger partial charge < -0.3 is 19.1 Å². The average Bonchev–Trinajstić information content (AvgIpc) is 3.26. The van der Waals surface area contributed by atoms with Crippen molar-refractivity contribution in [3.63, 3.8) is 0 Å². The van der Waals surface area contributed by atoms with Gasteiger partial charge in [0.25, 0.3) is 0 Å². The van der Waals surface area contributed by atoms with Gasteiger partial charge in [0.05, 0.1) is 12.8 Å². The Morgan fingerprint density at radius 1 is 1.03 bits per heavy atom. The van der Waals surface area contributed by atoms with Gasteiger partial charge in [0.15, 0.2) is 6.61 Å². The standard InChI is InChI=1S/C24H23NO5/c1-17(5-6-18-7-11-21(12-8-18)30-16-23(26)27)25-15-3-4-22(25)24(28)19-9-13-20(29-2)14-10-19/h3-15,17H,16H2,1-2H3,(H,26,27)/b6-5+. The summed E-state index contributed by atoms with van der Waals surface area (Å²) in [5.41, 5.74) is 2.15. The van der Waals surface area contributed by atoms with E-state index in [1.54, 1.807) is 43.5 Å². The average molecular weight is 405 g/mol. The normalized spacial score (nSPS) is 11.9. The fourth-order valence-electron chi connectivity index (χ4n) is 2.99. The molecule has 0 saturated heterocycles. The molecule has 0 bridgehead atoms. The van der Waals surface area contributed by atoms with E-state index < -0.39 is 5.97 Å². The maximum Gasteiger partial charge on any atom is 0.341 e. The molecular weight excluding hydrogens is 382 g/mol. The Kier molecular flexibility index (Phi) is 6.70. The number of hydrogen-bond acceptors (Lipinski definition) is 4. The smallest absolute Gasteiger partial charge is 0.341 e. The minimum atomic E-state index is -1.01. The molecule has 0 radical (unpaired) electrons. The Bertz CT molecular complexity index is 1030. The third kappa shape index (κ3) is 5.17. The Hall–Kier alpha value is -3.80. The molecule has 1 N–H and O–H groups in total. The first kappa shape index (κ1) is 20.9. The van der Waals surface area contributed by atoms with Crippen molar-refractivity contribution >= 4 is 17.8 Å². The fourth-order valence-corrected chi connectivity index (χ4v) is 2.99. The second kappa shape index (κ2) is 9.60. The van der Waals surface area contributed by atoms with Gasteiger partial charge in [-0.05, 0) is 61.0 Å². The molecule has 0 aliphatic heterocycles. The quantitative estimate of drug-likeness (QED) is 0.532. The lowest BCUT2D eigenvalue weighted by atomic mass is 10.1. The number of carboxylic acids is 1. The second-order valence-corrected chi connectivity index (χ2v) is 6.71. The van der Waals surface area contributed by atoms with E-state index in [0.29, 0.717) is 22.8 Å². The summed E-state index contributed by atoms with van der Waals surface area (Å²) in [6.07, 6.45) is 5.83. The van der Waals surface area contributed by atoms with E-state index >= 15 is 0 Å². The summed E-state index contributed by atoms with van der Waals surface area (Å²) in [6, 6.07) is 17.8. The van der Waals surface area contributed by atoms with Gasteiger partial charge >= 0.3 is 5.97 Å². The van der Waals surface area contributed by atoms with Gasteiger partial charge in [0.2, 0.25) is 5.78 Å². The van der Waals surface area contributed by atoms with Gasteiger partial charge in [-0.25, -0.2) is 4.79 Å². The van der Waals surface area contributed by atoms with Gasteiger partial charge in [-0.2, -0.15) is 0 Å². The van der Waals surface area contributed by atoms with Crippen LogP contribution in [0, 0.1) is 0 Å². The molecule has 1 atom stereocenters. The fraction of sp³-hybridized carbons (Fsp3) is 0.167. The topological polar surface area (TPSA) is 77.8 Å². The lowest BCUT2D eigenvalue weighted by Gasteiger charge is -2.14. The first-order valence-electron chi connectivity index (χ1n) is 9.46. The molecule has 6 heteroatoms. The van der Waals surface area contributed by atoms with Gasteiger partial charge in [-0.3, -0.25) is 4.79 Å². The summed E-state index contributed by atoms with van der Waals surface area (Å²) in [5.74, 6) is 0.139. The monoisotopic (exact) mass is 405 g/mol. The van der Waals surface area contributed by atoms with Crippen LogP contribution in [0.15, 0.2) is 72.9 Å². The van der Waals surface area contributed by atoms with Crippen LogP contribution in [0.3, 0.4) is 0 Å². The predicted molar refractivity (Wildman–Crippen MR) is 114 cm³/mol. The zero-order valence-corrected chi connectivity index (χ0v) is 16.8. The molecular formula is C24H23NO5. The van der Waals surface area contributed by atoms with Crippen LogP contribution in [0.5, 0.6) is 11.5 Å². The van der Waals surface area contributed by atoms with Crippen molar-refractivity contribution in [2.24, 2.45) is 0 Å². The number of hydrogen-bond donors (Lipinski definition) is 1. The molecule has 154 valence electrons. The molecule has 0 amide bonds. The maximum atomic E-state index is 12.9. The number of aliphatic carboxylic acids is 1. The van der Waals surface area contributed by atoms with Crippen LogP contribution in [0.4, 0.5) is 0 Å². The SMILES string of the molecule is COc1ccc(C(=O)c2cccn2C(C)/C=C/c2ccc(OCC(=O)O)cc2)cc1. The van der Waals surface area contributed by atoms with Gasteiger partial charge in [0.1, 0.15) is 11.5 Å². The van der Waals surface area contributed by atoms with Gasteiger partial charge in [-0.15, -0.1) is 0 Å². The number of carbonyl (C=O) groups is 2. The minimum Gasteiger partial charge on any atom is -0.497 e. The lowest BCUT2D eigenvalue weighted by molar-refractivity contribution is -0.139. The molecule has 1 heterocycles. The Labute approximate surface area is 175 Å². The van der Waals surface area contributed by atoms with Crippen molar-refractivity contribution in [1.82, 2.24) is 4.57 Å². The third-order valence-corrected chi connectivity index (χ3v) is 4.61. The van der Waals surface area contributed by atoms with E-state index in [2.05, 4.69) is 0 Å². The largest absolute Gasteiger partial charge is 0.497 e. The van der Waals surface area contributed by atoms with Crippen LogP contribution >= 0.6 is 0 Å². The molecule has 0 aliphatic rings. The molecule has 2 aromatic carbocycles. The number of allylic oxidation sites excluding steroid dienone is 1. The molecule has 3 rings (SSSR count). The number of ketones is 1. The van der Waals surface area contributed by atoms with E-state index in [0.717, 1.165) is 5.56 Å². The van der Waals surface area contributed by atoms with Crippen molar-refractivity contribution in [2.75, 3.05) is 13.7 Å². The van der Waals surface area contributed by atoms with Crippen molar-refractivity contribution in [3.8, 4) is 11.5 Å². The maximum absolute atomic E-state index is 12.9. The summed E-state index contributed by atoms with van der Waals surface area (Å²) in [4.78, 5) is 23.5. The molecule has 0 fully saturated rings. The van der Waals surface area contributed by atoms with Gasteiger partial charge in [-0.1, -0.05) is 24.3 Å². The molecule has 0 saturated carbocycles. The molecule has 1 unspecified atom stereocenters. The Morgan fingerprint density at radius 2 is 1.70 bits per heavy atom. The van der Waals surface area contributed by atoms with Crippen molar-refractivity contribution in [1.29, 1.82) is 0 Å². The van der Waals surface area contributed by atoms with Crippen LogP contribution in [0.25, 0.3) is 6.08 Å². The third-order valence-electron chi connectivity index (χ3n) is 4.61. The summed E-state index contributed by atoms with van der Waals surface area (Å²) < 4.78 is 12.2. The zero-order chi connectivity index (χ0) is 21.5. The number of methoxy groups -OCH3 is 1. The van der Waals surface area contributed by atoms with Crippen molar-refractivity contribution in [2.45, 2.75) is 13.0 Å². The van der Waals surface area contributed by atoms with Crippen LogP contribution in [0.2, 0.25) is 0 Å². The summed E-state index contributed by atoms with van der Waals surface area (Å²) in [5, 5.41) is 8.65.